The second-order valence-electron chi connectivity index (χ2n) is 8.71. The number of halogens is 2. The Bertz CT molecular complexity index is 1070. The summed E-state index contributed by atoms with van der Waals surface area (Å²) in [5.74, 6) is -2.03. The first kappa shape index (κ1) is 24.4. The number of benzene rings is 1. The number of primary amides is 1. The van der Waals surface area contributed by atoms with Crippen molar-refractivity contribution in [3.05, 3.63) is 40.8 Å². The molecule has 0 radical (unpaired) electrons. The second-order valence-corrected chi connectivity index (χ2v) is 9.76. The minimum atomic E-state index is -0.887. The van der Waals surface area contributed by atoms with Gasteiger partial charge in [-0.2, -0.15) is 0 Å². The lowest BCUT2D eigenvalue weighted by Crippen LogP contribution is -2.50. The number of carbonyl (C=O) groups excluding carboxylic acids is 3. The number of nitrogens with two attached hydrogens (primary N) is 1. The van der Waals surface area contributed by atoms with Gasteiger partial charge in [-0.1, -0.05) is 0 Å². The number of likely N-dealkylation sites (tertiary alicyclic amines) is 1. The van der Waals surface area contributed by atoms with E-state index in [0.29, 0.717) is 24.3 Å². The molecule has 4 N–H and O–H groups in total. The van der Waals surface area contributed by atoms with Gasteiger partial charge in [-0.05, 0) is 51.8 Å². The van der Waals surface area contributed by atoms with Crippen LogP contribution in [0, 0.1) is 11.6 Å². The molecule has 0 saturated carbocycles. The maximum Gasteiger partial charge on any atom is 0.410 e. The first-order chi connectivity index (χ1) is 15.4. The molecule has 4 amide bonds. The third-order valence-corrected chi connectivity index (χ3v) is 5.97. The summed E-state index contributed by atoms with van der Waals surface area (Å²) in [5.41, 5.74) is 4.78. The van der Waals surface area contributed by atoms with Gasteiger partial charge in [0, 0.05) is 35.6 Å². The number of carbonyl (C=O) groups is 3. The van der Waals surface area contributed by atoms with Gasteiger partial charge in [0.2, 0.25) is 0 Å². The number of hydrogen-bond donors (Lipinski definition) is 3. The van der Waals surface area contributed by atoms with Crippen LogP contribution in [-0.4, -0.2) is 47.7 Å². The summed E-state index contributed by atoms with van der Waals surface area (Å²) in [6.45, 7) is 6.12. The van der Waals surface area contributed by atoms with Gasteiger partial charge in [-0.3, -0.25) is 4.79 Å². The molecule has 33 heavy (non-hydrogen) atoms. The number of thiophene rings is 1. The number of amides is 4. The molecule has 8 nitrogen and oxygen atoms in total. The van der Waals surface area contributed by atoms with Crippen LogP contribution >= 0.6 is 11.3 Å². The lowest BCUT2D eigenvalue weighted by atomic mass is 10.1. The molecule has 1 aromatic heterocycles. The lowest BCUT2D eigenvalue weighted by Gasteiger charge is -2.34. The van der Waals surface area contributed by atoms with Crippen LogP contribution in [0.2, 0.25) is 0 Å². The van der Waals surface area contributed by atoms with E-state index in [1.54, 1.807) is 20.8 Å². The van der Waals surface area contributed by atoms with Crippen molar-refractivity contribution in [1.82, 2.24) is 10.2 Å². The summed E-state index contributed by atoms with van der Waals surface area (Å²) in [7, 11) is 0. The molecule has 0 aliphatic carbocycles. The first-order valence-electron chi connectivity index (χ1n) is 10.4. The molecule has 1 aromatic carbocycles. The van der Waals surface area contributed by atoms with E-state index in [4.69, 9.17) is 10.5 Å². The summed E-state index contributed by atoms with van der Waals surface area (Å²) < 4.78 is 32.9. The summed E-state index contributed by atoms with van der Waals surface area (Å²) in [5, 5.41) is 5.23. The maximum atomic E-state index is 14.3. The van der Waals surface area contributed by atoms with Gasteiger partial charge in [-0.15, -0.1) is 11.3 Å². The van der Waals surface area contributed by atoms with E-state index in [1.807, 2.05) is 0 Å². The average Bonchev–Trinajstić information content (AvgIpc) is 3.09. The van der Waals surface area contributed by atoms with Crippen molar-refractivity contribution in [3.8, 4) is 10.4 Å². The van der Waals surface area contributed by atoms with Crippen LogP contribution in [-0.2, 0) is 4.74 Å². The summed E-state index contributed by atoms with van der Waals surface area (Å²) in [6.07, 6.45) is 0.865. The Morgan fingerprint density at radius 2 is 1.94 bits per heavy atom. The zero-order chi connectivity index (χ0) is 24.3. The van der Waals surface area contributed by atoms with Gasteiger partial charge >= 0.3 is 12.1 Å². The highest BCUT2D eigenvalue weighted by Gasteiger charge is 2.29. The molecule has 2 heterocycles. The highest BCUT2D eigenvalue weighted by Crippen LogP contribution is 2.36. The van der Waals surface area contributed by atoms with Crippen LogP contribution < -0.4 is 16.4 Å². The molecule has 1 atom stereocenters. The Balaban J connectivity index is 1.79. The fraction of sp³-hybridized carbons (Fsp3) is 0.409. The number of hydrogen-bond acceptors (Lipinski definition) is 5. The number of piperidine rings is 1. The molecule has 2 aromatic rings. The summed E-state index contributed by atoms with van der Waals surface area (Å²) >= 11 is 0.936. The monoisotopic (exact) mass is 480 g/mol. The van der Waals surface area contributed by atoms with Crippen molar-refractivity contribution >= 4 is 35.1 Å². The van der Waals surface area contributed by atoms with Crippen molar-refractivity contribution in [2.45, 2.75) is 45.3 Å². The van der Waals surface area contributed by atoms with Crippen LogP contribution in [0.1, 0.15) is 43.3 Å². The Labute approximate surface area is 194 Å². The van der Waals surface area contributed by atoms with Crippen LogP contribution in [0.4, 0.5) is 24.1 Å². The third-order valence-electron chi connectivity index (χ3n) is 4.80. The number of nitrogens with one attached hydrogen (secondary N) is 2. The van der Waals surface area contributed by atoms with Gasteiger partial charge in [0.15, 0.2) is 0 Å². The lowest BCUT2D eigenvalue weighted by molar-refractivity contribution is 0.0185. The minimum absolute atomic E-state index is 0.0849. The summed E-state index contributed by atoms with van der Waals surface area (Å²) in [4.78, 5) is 38.8. The fourth-order valence-corrected chi connectivity index (χ4v) is 4.49. The summed E-state index contributed by atoms with van der Waals surface area (Å²) in [6, 6.07) is 3.28. The molecule has 1 saturated heterocycles. The fourth-order valence-electron chi connectivity index (χ4n) is 3.45. The highest BCUT2D eigenvalue weighted by molar-refractivity contribution is 7.18. The van der Waals surface area contributed by atoms with Gasteiger partial charge in [0.25, 0.3) is 5.91 Å². The zero-order valence-electron chi connectivity index (χ0n) is 18.5. The number of anilines is 1. The van der Waals surface area contributed by atoms with Crippen molar-refractivity contribution < 1.29 is 27.9 Å². The van der Waals surface area contributed by atoms with E-state index in [2.05, 4.69) is 10.6 Å². The molecule has 11 heteroatoms. The van der Waals surface area contributed by atoms with Gasteiger partial charge in [0.05, 0.1) is 5.69 Å². The maximum absolute atomic E-state index is 14.3. The van der Waals surface area contributed by atoms with E-state index >= 15 is 0 Å². The highest BCUT2D eigenvalue weighted by atomic mass is 32.1. The third kappa shape index (κ3) is 6.41. The minimum Gasteiger partial charge on any atom is -0.444 e. The van der Waals surface area contributed by atoms with Crippen molar-refractivity contribution in [1.29, 1.82) is 0 Å². The molecule has 0 unspecified atom stereocenters. The van der Waals surface area contributed by atoms with E-state index in [9.17, 15) is 23.2 Å². The first-order valence-corrected chi connectivity index (χ1v) is 11.2. The van der Waals surface area contributed by atoms with E-state index < -0.39 is 35.3 Å². The van der Waals surface area contributed by atoms with Crippen LogP contribution in [0.25, 0.3) is 10.4 Å². The molecule has 1 fully saturated rings. The molecule has 0 spiro atoms. The SMILES string of the molecule is CC(C)(C)OC(=O)N1CCC[C@H](NC(=O)c2sc(-c3ccc(F)cc3F)cc2NC(N)=O)C1. The van der Waals surface area contributed by atoms with Crippen molar-refractivity contribution in [2.75, 3.05) is 18.4 Å². The van der Waals surface area contributed by atoms with E-state index in [0.717, 1.165) is 23.5 Å². The van der Waals surface area contributed by atoms with E-state index in [-0.39, 0.29) is 28.7 Å². The number of rotatable bonds is 4. The molecule has 1 aliphatic rings. The Morgan fingerprint density at radius 3 is 2.58 bits per heavy atom. The number of urea groups is 1. The average molecular weight is 481 g/mol. The molecule has 0 bridgehead atoms. The van der Waals surface area contributed by atoms with E-state index in [1.165, 1.54) is 17.0 Å². The second kappa shape index (κ2) is 9.74. The standard InChI is InChI=1S/C22H26F2N4O4S/c1-22(2,3)32-21(31)28-8-4-5-13(11-28)26-19(29)18-16(27-20(25)30)10-17(33-18)14-7-6-12(23)9-15(14)24/h6-7,9-10,13H,4-5,8,11H2,1-3H3,(H,26,29)(H3,25,27,30)/t13-/m0/s1. The normalized spacial score (nSPS) is 16.3. The Morgan fingerprint density at radius 1 is 1.21 bits per heavy atom. The number of nitrogens with zero attached hydrogens (tertiary/aromatic N) is 1. The smallest absolute Gasteiger partial charge is 0.410 e. The Hall–Kier alpha value is -3.21. The largest absolute Gasteiger partial charge is 0.444 e. The van der Waals surface area contributed by atoms with Crippen molar-refractivity contribution in [2.24, 2.45) is 5.73 Å². The zero-order valence-corrected chi connectivity index (χ0v) is 19.4. The topological polar surface area (TPSA) is 114 Å². The van der Waals surface area contributed by atoms with Gasteiger partial charge in [0.1, 0.15) is 22.1 Å². The molecule has 178 valence electrons. The quantitative estimate of drug-likeness (QED) is 0.605. The molecular weight excluding hydrogens is 454 g/mol. The Kier molecular flexibility index (Phi) is 7.21. The predicted molar refractivity (Wildman–Crippen MR) is 121 cm³/mol. The van der Waals surface area contributed by atoms with Gasteiger partial charge in [-0.25, -0.2) is 18.4 Å². The van der Waals surface area contributed by atoms with Gasteiger partial charge < -0.3 is 26.0 Å². The molecule has 1 aliphatic heterocycles. The van der Waals surface area contributed by atoms with Crippen LogP contribution in [0.5, 0.6) is 0 Å². The van der Waals surface area contributed by atoms with Crippen LogP contribution in [0.3, 0.4) is 0 Å². The number of ether oxygens (including phenoxy) is 1. The molecule has 3 rings (SSSR count). The van der Waals surface area contributed by atoms with Crippen molar-refractivity contribution in [3.63, 3.8) is 0 Å². The van der Waals surface area contributed by atoms with Crippen LogP contribution in [0.15, 0.2) is 24.3 Å². The molecular formula is C22H26F2N4O4S. The predicted octanol–water partition coefficient (Wildman–Crippen LogP) is 4.31.